The van der Waals surface area contributed by atoms with Crippen LogP contribution in [0.1, 0.15) is 30.1 Å². The third-order valence-electron chi connectivity index (χ3n) is 3.90. The van der Waals surface area contributed by atoms with Crippen LogP contribution >= 0.6 is 11.6 Å². The second-order valence-corrected chi connectivity index (χ2v) is 6.45. The minimum absolute atomic E-state index is 0.00567. The van der Waals surface area contributed by atoms with Gasteiger partial charge in [-0.25, -0.2) is 9.59 Å². The molecule has 0 saturated carbocycles. The van der Waals surface area contributed by atoms with Gasteiger partial charge in [-0.05, 0) is 37.6 Å². The van der Waals surface area contributed by atoms with Gasteiger partial charge in [-0.1, -0.05) is 11.6 Å². The van der Waals surface area contributed by atoms with Crippen molar-refractivity contribution in [3.05, 3.63) is 46.1 Å². The molecule has 0 spiro atoms. The summed E-state index contributed by atoms with van der Waals surface area (Å²) in [6.45, 7) is 1.88. The van der Waals surface area contributed by atoms with E-state index >= 15 is 0 Å². The SMILES string of the molecule is CCOC(=O)C1=C(COC(=O)CCCNC(=O)c2ccc(Cl)cc2)NC(=O)NC1. The second-order valence-electron chi connectivity index (χ2n) is 6.01. The molecular formula is C19H22ClN3O6. The Morgan fingerprint density at radius 2 is 1.90 bits per heavy atom. The van der Waals surface area contributed by atoms with Gasteiger partial charge in [0.25, 0.3) is 5.91 Å². The van der Waals surface area contributed by atoms with Gasteiger partial charge in [0.15, 0.2) is 0 Å². The fourth-order valence-electron chi connectivity index (χ4n) is 2.43. The summed E-state index contributed by atoms with van der Waals surface area (Å²) >= 11 is 5.78. The van der Waals surface area contributed by atoms with Crippen molar-refractivity contribution in [2.45, 2.75) is 19.8 Å². The average Bonchev–Trinajstić information content (AvgIpc) is 2.70. The molecule has 29 heavy (non-hydrogen) atoms. The molecule has 2 rings (SSSR count). The van der Waals surface area contributed by atoms with E-state index in [1.165, 1.54) is 0 Å². The zero-order chi connectivity index (χ0) is 21.2. The largest absolute Gasteiger partial charge is 0.463 e. The Morgan fingerprint density at radius 3 is 2.59 bits per heavy atom. The van der Waals surface area contributed by atoms with Gasteiger partial charge in [-0.3, -0.25) is 9.59 Å². The van der Waals surface area contributed by atoms with Crippen LogP contribution in [0, 0.1) is 0 Å². The molecule has 0 radical (unpaired) electrons. The third kappa shape index (κ3) is 7.11. The summed E-state index contributed by atoms with van der Waals surface area (Å²) in [7, 11) is 0. The average molecular weight is 424 g/mol. The maximum absolute atomic E-state index is 12.0. The fourth-order valence-corrected chi connectivity index (χ4v) is 2.56. The number of amides is 3. The Labute approximate surface area is 172 Å². The molecule has 1 aromatic rings. The van der Waals surface area contributed by atoms with Crippen molar-refractivity contribution in [2.75, 3.05) is 26.3 Å². The lowest BCUT2D eigenvalue weighted by molar-refractivity contribution is -0.143. The molecule has 9 nitrogen and oxygen atoms in total. The number of nitrogens with one attached hydrogen (secondary N) is 3. The van der Waals surface area contributed by atoms with Gasteiger partial charge in [0.1, 0.15) is 6.61 Å². The molecule has 1 aliphatic rings. The van der Waals surface area contributed by atoms with Crippen molar-refractivity contribution in [3.63, 3.8) is 0 Å². The Hall–Kier alpha value is -3.07. The second kappa shape index (κ2) is 11.1. The van der Waals surface area contributed by atoms with E-state index in [1.807, 2.05) is 0 Å². The van der Waals surface area contributed by atoms with E-state index in [4.69, 9.17) is 21.1 Å². The number of urea groups is 1. The van der Waals surface area contributed by atoms with Gasteiger partial charge in [0.2, 0.25) is 0 Å². The van der Waals surface area contributed by atoms with E-state index in [9.17, 15) is 19.2 Å². The lowest BCUT2D eigenvalue weighted by atomic mass is 10.1. The van der Waals surface area contributed by atoms with E-state index in [-0.39, 0.29) is 49.9 Å². The normalized spacial score (nSPS) is 13.2. The first-order valence-corrected chi connectivity index (χ1v) is 9.42. The quantitative estimate of drug-likeness (QED) is 0.409. The maximum atomic E-state index is 12.0. The van der Waals surface area contributed by atoms with Crippen molar-refractivity contribution in [2.24, 2.45) is 0 Å². The van der Waals surface area contributed by atoms with Crippen molar-refractivity contribution in [1.82, 2.24) is 16.0 Å². The van der Waals surface area contributed by atoms with Gasteiger partial charge in [-0.2, -0.15) is 0 Å². The van der Waals surface area contributed by atoms with E-state index in [2.05, 4.69) is 16.0 Å². The highest BCUT2D eigenvalue weighted by Gasteiger charge is 2.24. The molecule has 3 N–H and O–H groups in total. The molecule has 3 amide bonds. The summed E-state index contributed by atoms with van der Waals surface area (Å²) in [6, 6.07) is 5.95. The first kappa shape index (κ1) is 22.2. The number of hydrogen-bond acceptors (Lipinski definition) is 6. The van der Waals surface area contributed by atoms with Crippen LogP contribution in [0.5, 0.6) is 0 Å². The minimum Gasteiger partial charge on any atom is -0.463 e. The summed E-state index contributed by atoms with van der Waals surface area (Å²) < 4.78 is 10.0. The molecule has 0 saturated heterocycles. The minimum atomic E-state index is -0.587. The van der Waals surface area contributed by atoms with Crippen LogP contribution in [-0.2, 0) is 19.1 Å². The molecule has 0 atom stereocenters. The van der Waals surface area contributed by atoms with E-state index < -0.39 is 18.0 Å². The lowest BCUT2D eigenvalue weighted by Crippen LogP contribution is -2.45. The molecule has 1 aliphatic heterocycles. The van der Waals surface area contributed by atoms with Crippen molar-refractivity contribution < 1.29 is 28.7 Å². The van der Waals surface area contributed by atoms with Crippen molar-refractivity contribution in [1.29, 1.82) is 0 Å². The van der Waals surface area contributed by atoms with Gasteiger partial charge in [0.05, 0.1) is 24.4 Å². The molecular weight excluding hydrogens is 402 g/mol. The number of carbonyl (C=O) groups excluding carboxylic acids is 4. The highest BCUT2D eigenvalue weighted by Crippen LogP contribution is 2.10. The standard InChI is InChI=1S/C19H22ClN3O6/c1-2-28-18(26)14-10-22-19(27)23-15(14)11-29-16(24)4-3-9-21-17(25)12-5-7-13(20)8-6-12/h5-8H,2-4,9-11H2,1H3,(H,21,25)(H2,22,23,27). The summed E-state index contributed by atoms with van der Waals surface area (Å²) in [4.78, 5) is 47.2. The molecule has 0 fully saturated rings. The molecule has 10 heteroatoms. The first-order chi connectivity index (χ1) is 13.9. The number of esters is 2. The van der Waals surface area contributed by atoms with Crippen LogP contribution in [0.3, 0.4) is 0 Å². The van der Waals surface area contributed by atoms with Crippen LogP contribution in [0.4, 0.5) is 4.79 Å². The number of halogens is 1. The van der Waals surface area contributed by atoms with E-state index in [1.54, 1.807) is 31.2 Å². The van der Waals surface area contributed by atoms with Gasteiger partial charge < -0.3 is 25.4 Å². The molecule has 0 bridgehead atoms. The fraction of sp³-hybridized carbons (Fsp3) is 0.368. The van der Waals surface area contributed by atoms with Gasteiger partial charge in [-0.15, -0.1) is 0 Å². The number of ether oxygens (including phenoxy) is 2. The number of rotatable bonds is 9. The number of benzene rings is 1. The molecule has 1 heterocycles. The number of carbonyl (C=O) groups is 4. The highest BCUT2D eigenvalue weighted by molar-refractivity contribution is 6.30. The summed E-state index contributed by atoms with van der Waals surface area (Å²) in [5.41, 5.74) is 0.864. The maximum Gasteiger partial charge on any atom is 0.337 e. The van der Waals surface area contributed by atoms with Crippen molar-refractivity contribution >= 4 is 35.5 Å². The summed E-state index contributed by atoms with van der Waals surface area (Å²) in [5.74, 6) is -1.37. The highest BCUT2D eigenvalue weighted by atomic mass is 35.5. The third-order valence-corrected chi connectivity index (χ3v) is 4.16. The van der Waals surface area contributed by atoms with Crippen molar-refractivity contribution in [3.8, 4) is 0 Å². The molecule has 0 aromatic heterocycles. The van der Waals surface area contributed by atoms with Crippen LogP contribution in [0.15, 0.2) is 35.5 Å². The monoisotopic (exact) mass is 423 g/mol. The summed E-state index contributed by atoms with van der Waals surface area (Å²) in [5, 5.41) is 8.14. The van der Waals surface area contributed by atoms with Crippen LogP contribution in [0.25, 0.3) is 0 Å². The topological polar surface area (TPSA) is 123 Å². The Balaban J connectivity index is 1.75. The first-order valence-electron chi connectivity index (χ1n) is 9.04. The molecule has 1 aromatic carbocycles. The predicted molar refractivity (Wildman–Crippen MR) is 104 cm³/mol. The van der Waals surface area contributed by atoms with Gasteiger partial charge >= 0.3 is 18.0 Å². The van der Waals surface area contributed by atoms with E-state index in [0.717, 1.165) is 0 Å². The molecule has 0 unspecified atom stereocenters. The Kier molecular flexibility index (Phi) is 8.47. The molecule has 0 aliphatic carbocycles. The zero-order valence-electron chi connectivity index (χ0n) is 15.9. The van der Waals surface area contributed by atoms with E-state index in [0.29, 0.717) is 17.0 Å². The van der Waals surface area contributed by atoms with Crippen LogP contribution < -0.4 is 16.0 Å². The lowest BCUT2D eigenvalue weighted by Gasteiger charge is -2.21. The predicted octanol–water partition coefficient (Wildman–Crippen LogP) is 1.52. The molecule has 156 valence electrons. The summed E-state index contributed by atoms with van der Waals surface area (Å²) in [6.07, 6.45) is 0.435. The Morgan fingerprint density at radius 1 is 1.17 bits per heavy atom. The number of hydrogen-bond donors (Lipinski definition) is 3. The Bertz CT molecular complexity index is 807. The van der Waals surface area contributed by atoms with Crippen LogP contribution in [-0.4, -0.2) is 50.2 Å². The van der Waals surface area contributed by atoms with Crippen LogP contribution in [0.2, 0.25) is 5.02 Å². The smallest absolute Gasteiger partial charge is 0.337 e. The van der Waals surface area contributed by atoms with Gasteiger partial charge in [0, 0.05) is 23.6 Å². The zero-order valence-corrected chi connectivity index (χ0v) is 16.6.